The highest BCUT2D eigenvalue weighted by Crippen LogP contribution is 2.39. The van der Waals surface area contributed by atoms with E-state index >= 15 is 0 Å². The molecule has 2 aliphatic heterocycles. The van der Waals surface area contributed by atoms with Crippen molar-refractivity contribution >= 4 is 22.6 Å². The molecule has 0 N–H and O–H groups in total. The van der Waals surface area contributed by atoms with Crippen LogP contribution < -0.4 is 0 Å². The Hall–Kier alpha value is -2.36. The average Bonchev–Trinajstić information content (AvgIpc) is 2.58. The minimum Gasteiger partial charge on any atom is -0.444 e. The van der Waals surface area contributed by atoms with E-state index in [1.165, 1.54) is 16.5 Å². The van der Waals surface area contributed by atoms with Gasteiger partial charge in [0.05, 0.1) is 11.6 Å². The number of fused-ring (bicyclic) bond motifs is 3. The van der Waals surface area contributed by atoms with Crippen molar-refractivity contribution in [3.8, 4) is 0 Å². The van der Waals surface area contributed by atoms with Gasteiger partial charge in [-0.3, -0.25) is 9.88 Å². The van der Waals surface area contributed by atoms with Gasteiger partial charge in [0.1, 0.15) is 5.60 Å². The summed E-state index contributed by atoms with van der Waals surface area (Å²) in [5.41, 5.74) is 3.14. The second-order valence-corrected chi connectivity index (χ2v) is 8.31. The molecule has 2 aliphatic rings. The maximum atomic E-state index is 12.7. The maximum absolute atomic E-state index is 12.7. The Kier molecular flexibility index (Phi) is 4.22. The Labute approximate surface area is 154 Å². The molecular formula is C22H26N2O2. The number of rotatable bonds is 1. The van der Waals surface area contributed by atoms with Crippen molar-refractivity contribution in [2.45, 2.75) is 64.1 Å². The van der Waals surface area contributed by atoms with Gasteiger partial charge in [-0.25, -0.2) is 4.79 Å². The highest BCUT2D eigenvalue weighted by molar-refractivity contribution is 5.92. The van der Waals surface area contributed by atoms with Crippen LogP contribution in [-0.4, -0.2) is 33.7 Å². The molecule has 2 aromatic rings. The van der Waals surface area contributed by atoms with Gasteiger partial charge in [-0.1, -0.05) is 24.3 Å². The van der Waals surface area contributed by atoms with E-state index < -0.39 is 5.60 Å². The quantitative estimate of drug-likeness (QED) is 0.711. The fraction of sp³-hybridized carbons (Fsp3) is 0.455. The highest BCUT2D eigenvalue weighted by atomic mass is 16.6. The number of hydrogen-bond acceptors (Lipinski definition) is 3. The predicted octanol–water partition coefficient (Wildman–Crippen LogP) is 5.18. The number of carbonyl (C=O) groups is 1. The van der Waals surface area contributed by atoms with Crippen molar-refractivity contribution in [1.82, 2.24) is 9.88 Å². The maximum Gasteiger partial charge on any atom is 0.411 e. The number of benzene rings is 1. The van der Waals surface area contributed by atoms with Crippen LogP contribution in [0, 0.1) is 0 Å². The molecule has 0 spiro atoms. The van der Waals surface area contributed by atoms with Crippen LogP contribution in [0.3, 0.4) is 0 Å². The summed E-state index contributed by atoms with van der Waals surface area (Å²) in [6.07, 6.45) is 8.02. The van der Waals surface area contributed by atoms with Gasteiger partial charge in [-0.2, -0.15) is 0 Å². The van der Waals surface area contributed by atoms with Crippen LogP contribution in [0.25, 0.3) is 16.5 Å². The molecule has 4 rings (SSSR count). The van der Waals surface area contributed by atoms with Gasteiger partial charge >= 0.3 is 6.09 Å². The summed E-state index contributed by atoms with van der Waals surface area (Å²) in [6, 6.07) is 10.8. The minimum absolute atomic E-state index is 0.124. The summed E-state index contributed by atoms with van der Waals surface area (Å²) in [5, 5.41) is 1.19. The number of ether oxygens (including phenoxy) is 1. The van der Waals surface area contributed by atoms with E-state index in [9.17, 15) is 4.79 Å². The van der Waals surface area contributed by atoms with E-state index in [0.29, 0.717) is 0 Å². The van der Waals surface area contributed by atoms with E-state index in [1.807, 2.05) is 37.9 Å². The van der Waals surface area contributed by atoms with E-state index in [1.54, 1.807) is 0 Å². The first-order valence-electron chi connectivity index (χ1n) is 9.48. The number of amides is 1. The molecule has 26 heavy (non-hydrogen) atoms. The number of pyridine rings is 1. The zero-order valence-corrected chi connectivity index (χ0v) is 15.7. The summed E-state index contributed by atoms with van der Waals surface area (Å²) in [7, 11) is 0. The monoisotopic (exact) mass is 350 g/mol. The fourth-order valence-corrected chi connectivity index (χ4v) is 4.21. The number of nitrogens with zero attached hydrogens (tertiary/aromatic N) is 2. The molecule has 3 heterocycles. The number of carbonyl (C=O) groups excluding carboxylic acids is 1. The molecule has 0 saturated carbocycles. The fourth-order valence-electron chi connectivity index (χ4n) is 4.21. The lowest BCUT2D eigenvalue weighted by atomic mass is 9.82. The molecule has 2 bridgehead atoms. The Balaban J connectivity index is 1.69. The zero-order valence-electron chi connectivity index (χ0n) is 15.7. The van der Waals surface area contributed by atoms with Crippen LogP contribution in [0.4, 0.5) is 4.79 Å². The van der Waals surface area contributed by atoms with Crippen LogP contribution in [0.5, 0.6) is 0 Å². The molecule has 4 heteroatoms. The van der Waals surface area contributed by atoms with Crippen LogP contribution in [0.2, 0.25) is 0 Å². The van der Waals surface area contributed by atoms with E-state index in [0.717, 1.165) is 31.2 Å². The molecule has 1 aromatic carbocycles. The van der Waals surface area contributed by atoms with E-state index in [2.05, 4.69) is 35.3 Å². The number of hydrogen-bond donors (Lipinski definition) is 0. The summed E-state index contributed by atoms with van der Waals surface area (Å²) in [4.78, 5) is 19.2. The Morgan fingerprint density at radius 2 is 2.04 bits per heavy atom. The Morgan fingerprint density at radius 1 is 1.19 bits per heavy atom. The van der Waals surface area contributed by atoms with Gasteiger partial charge < -0.3 is 4.74 Å². The topological polar surface area (TPSA) is 42.4 Å². The van der Waals surface area contributed by atoms with Crippen LogP contribution >= 0.6 is 0 Å². The second kappa shape index (κ2) is 6.42. The van der Waals surface area contributed by atoms with Crippen molar-refractivity contribution in [3.63, 3.8) is 0 Å². The van der Waals surface area contributed by atoms with Crippen molar-refractivity contribution in [1.29, 1.82) is 0 Å². The third kappa shape index (κ3) is 3.20. The normalized spacial score (nSPS) is 22.9. The predicted molar refractivity (Wildman–Crippen MR) is 104 cm³/mol. The number of aromatic nitrogens is 1. The van der Waals surface area contributed by atoms with Gasteiger partial charge in [0.15, 0.2) is 0 Å². The zero-order chi connectivity index (χ0) is 18.3. The van der Waals surface area contributed by atoms with Gasteiger partial charge in [-0.15, -0.1) is 0 Å². The van der Waals surface area contributed by atoms with E-state index in [-0.39, 0.29) is 18.2 Å². The first-order chi connectivity index (χ1) is 12.4. The molecule has 4 nitrogen and oxygen atoms in total. The van der Waals surface area contributed by atoms with Crippen molar-refractivity contribution in [2.75, 3.05) is 0 Å². The molecule has 2 unspecified atom stereocenters. The SMILES string of the molecule is CC(C)(C)OC(=O)N1C2C=C(c3cccc4ncccc34)CC1CCC2. The summed E-state index contributed by atoms with van der Waals surface area (Å²) < 4.78 is 5.67. The lowest BCUT2D eigenvalue weighted by molar-refractivity contribution is 0.0000926. The lowest BCUT2D eigenvalue weighted by Gasteiger charge is -2.45. The Morgan fingerprint density at radius 3 is 2.81 bits per heavy atom. The summed E-state index contributed by atoms with van der Waals surface area (Å²) in [5.74, 6) is 0. The van der Waals surface area contributed by atoms with Gasteiger partial charge in [-0.05, 0) is 69.7 Å². The summed E-state index contributed by atoms with van der Waals surface area (Å²) >= 11 is 0. The van der Waals surface area contributed by atoms with Crippen LogP contribution in [0.15, 0.2) is 42.6 Å². The standard InChI is InChI=1S/C22H26N2O2/c1-22(2,3)26-21(25)24-16-7-4-8-17(24)14-15(13-16)18-9-5-11-20-19(18)10-6-12-23-20/h5-6,9-13,16-17H,4,7-8,14H2,1-3H3. The van der Waals surface area contributed by atoms with Gasteiger partial charge in [0.25, 0.3) is 0 Å². The lowest BCUT2D eigenvalue weighted by Crippen LogP contribution is -2.53. The van der Waals surface area contributed by atoms with Gasteiger partial charge in [0, 0.05) is 17.6 Å². The van der Waals surface area contributed by atoms with Crippen molar-refractivity contribution in [3.05, 3.63) is 48.2 Å². The third-order valence-electron chi connectivity index (χ3n) is 5.23. The molecule has 1 amide bonds. The van der Waals surface area contributed by atoms with Crippen molar-refractivity contribution in [2.24, 2.45) is 0 Å². The molecule has 0 radical (unpaired) electrons. The summed E-state index contributed by atoms with van der Waals surface area (Å²) in [6.45, 7) is 5.78. The first-order valence-corrected chi connectivity index (χ1v) is 9.48. The van der Waals surface area contributed by atoms with Crippen molar-refractivity contribution < 1.29 is 9.53 Å². The smallest absolute Gasteiger partial charge is 0.411 e. The van der Waals surface area contributed by atoms with Crippen LogP contribution in [-0.2, 0) is 4.74 Å². The average molecular weight is 350 g/mol. The second-order valence-electron chi connectivity index (χ2n) is 8.31. The molecule has 0 aliphatic carbocycles. The molecule has 1 aromatic heterocycles. The first kappa shape index (κ1) is 17.1. The minimum atomic E-state index is -0.462. The van der Waals surface area contributed by atoms with Crippen LogP contribution in [0.1, 0.15) is 52.0 Å². The number of piperidine rings is 1. The van der Waals surface area contributed by atoms with E-state index in [4.69, 9.17) is 4.74 Å². The molecular weight excluding hydrogens is 324 g/mol. The third-order valence-corrected chi connectivity index (χ3v) is 5.23. The largest absolute Gasteiger partial charge is 0.444 e. The molecule has 1 fully saturated rings. The molecule has 136 valence electrons. The molecule has 2 atom stereocenters. The Bertz CT molecular complexity index is 861. The highest BCUT2D eigenvalue weighted by Gasteiger charge is 2.39. The van der Waals surface area contributed by atoms with Gasteiger partial charge in [0.2, 0.25) is 0 Å². The molecule has 1 saturated heterocycles.